The third kappa shape index (κ3) is 3.38. The van der Waals surface area contributed by atoms with Crippen LogP contribution in [0.2, 0.25) is 0 Å². The Kier molecular flexibility index (Phi) is 6.85. The van der Waals surface area contributed by atoms with E-state index in [4.69, 9.17) is 10.5 Å². The van der Waals surface area contributed by atoms with E-state index in [2.05, 4.69) is 0 Å². The fraction of sp³-hybridized carbons (Fsp3) is 0.500. The van der Waals surface area contributed by atoms with Crippen molar-refractivity contribution in [3.8, 4) is 0 Å². The second-order valence-electron chi connectivity index (χ2n) is 2.52. The molecule has 2 N–H and O–H groups in total. The lowest BCUT2D eigenvalue weighted by molar-refractivity contribution is 0.134. The van der Waals surface area contributed by atoms with Crippen molar-refractivity contribution in [2.24, 2.45) is 0 Å². The molecular formula is C12H21NO. The molecule has 1 aromatic carbocycles. The topological polar surface area (TPSA) is 35.2 Å². The van der Waals surface area contributed by atoms with E-state index < -0.39 is 0 Å². The molecule has 0 unspecified atom stereocenters. The number of fused-ring (bicyclic) bond motifs is 1. The van der Waals surface area contributed by atoms with E-state index >= 15 is 0 Å². The monoisotopic (exact) mass is 195 g/mol. The minimum atomic E-state index is 0.723. The van der Waals surface area contributed by atoms with Gasteiger partial charge in [0.1, 0.15) is 0 Å². The van der Waals surface area contributed by atoms with Gasteiger partial charge in [-0.25, -0.2) is 0 Å². The zero-order chi connectivity index (χ0) is 11.0. The summed E-state index contributed by atoms with van der Waals surface area (Å²) in [6, 6.07) is 5.91. The summed E-state index contributed by atoms with van der Waals surface area (Å²) in [7, 11) is 0. The van der Waals surface area contributed by atoms with Gasteiger partial charge in [0.15, 0.2) is 0 Å². The number of hydrogen-bond acceptors (Lipinski definition) is 2. The van der Waals surface area contributed by atoms with Crippen molar-refractivity contribution in [1.82, 2.24) is 0 Å². The van der Waals surface area contributed by atoms with E-state index in [1.165, 1.54) is 11.1 Å². The molecule has 0 saturated heterocycles. The molecule has 2 rings (SSSR count). The van der Waals surface area contributed by atoms with Gasteiger partial charge in [0, 0.05) is 5.69 Å². The van der Waals surface area contributed by atoms with Crippen molar-refractivity contribution >= 4 is 5.69 Å². The molecule has 2 heteroatoms. The fourth-order valence-electron chi connectivity index (χ4n) is 1.19. The van der Waals surface area contributed by atoms with E-state index in [9.17, 15) is 0 Å². The van der Waals surface area contributed by atoms with Gasteiger partial charge < -0.3 is 10.5 Å². The maximum atomic E-state index is 5.58. The second kappa shape index (κ2) is 7.39. The Morgan fingerprint density at radius 2 is 1.57 bits per heavy atom. The fourth-order valence-corrected chi connectivity index (χ4v) is 1.19. The molecule has 80 valence electrons. The first-order valence-corrected chi connectivity index (χ1v) is 5.31. The Morgan fingerprint density at radius 1 is 1.00 bits per heavy atom. The van der Waals surface area contributed by atoms with Gasteiger partial charge in [-0.3, -0.25) is 0 Å². The van der Waals surface area contributed by atoms with Gasteiger partial charge in [-0.15, -0.1) is 0 Å². The molecule has 0 saturated carbocycles. The maximum absolute atomic E-state index is 5.58. The summed E-state index contributed by atoms with van der Waals surface area (Å²) in [6.07, 6.45) is 0. The summed E-state index contributed by atoms with van der Waals surface area (Å²) < 4.78 is 5.21. The molecule has 0 bridgehead atoms. The van der Waals surface area contributed by atoms with Crippen LogP contribution < -0.4 is 5.73 Å². The molecule has 0 radical (unpaired) electrons. The molecule has 0 atom stereocenters. The Labute approximate surface area is 87.1 Å². The van der Waals surface area contributed by atoms with Crippen molar-refractivity contribution in [2.75, 3.05) is 5.73 Å². The molecule has 0 aromatic heterocycles. The smallest absolute Gasteiger partial charge is 0.0725 e. The summed E-state index contributed by atoms with van der Waals surface area (Å²) in [4.78, 5) is 0. The van der Waals surface area contributed by atoms with Crippen LogP contribution in [0.15, 0.2) is 18.2 Å². The minimum Gasteiger partial charge on any atom is -0.399 e. The number of anilines is 1. The molecule has 2 nitrogen and oxygen atoms in total. The quantitative estimate of drug-likeness (QED) is 0.644. The highest BCUT2D eigenvalue weighted by molar-refractivity contribution is 5.45. The molecule has 0 amide bonds. The van der Waals surface area contributed by atoms with Gasteiger partial charge in [0.2, 0.25) is 0 Å². The molecular weight excluding hydrogens is 174 g/mol. The molecule has 0 spiro atoms. The van der Waals surface area contributed by atoms with Gasteiger partial charge in [0.25, 0.3) is 0 Å². The average molecular weight is 195 g/mol. The van der Waals surface area contributed by atoms with Crippen molar-refractivity contribution in [3.63, 3.8) is 0 Å². The van der Waals surface area contributed by atoms with E-state index in [-0.39, 0.29) is 0 Å². The lowest BCUT2D eigenvalue weighted by Gasteiger charge is -1.96. The zero-order valence-corrected chi connectivity index (χ0v) is 9.63. The van der Waals surface area contributed by atoms with E-state index in [1.54, 1.807) is 0 Å². The number of benzene rings is 1. The van der Waals surface area contributed by atoms with Crippen molar-refractivity contribution in [2.45, 2.75) is 40.9 Å². The van der Waals surface area contributed by atoms with Crippen LogP contribution >= 0.6 is 0 Å². The minimum absolute atomic E-state index is 0.723. The second-order valence-corrected chi connectivity index (χ2v) is 2.52. The number of rotatable bonds is 0. The largest absolute Gasteiger partial charge is 0.399 e. The Hall–Kier alpha value is -1.02. The van der Waals surface area contributed by atoms with Crippen molar-refractivity contribution in [1.29, 1.82) is 0 Å². The van der Waals surface area contributed by atoms with Gasteiger partial charge in [-0.05, 0) is 23.3 Å². The summed E-state index contributed by atoms with van der Waals surface area (Å²) in [5.74, 6) is 0. The average Bonchev–Trinajstić information content (AvgIpc) is 2.71. The van der Waals surface area contributed by atoms with Gasteiger partial charge in [0.05, 0.1) is 13.2 Å². The van der Waals surface area contributed by atoms with Crippen LogP contribution in [0.5, 0.6) is 0 Å². The molecule has 0 aliphatic carbocycles. The van der Waals surface area contributed by atoms with Gasteiger partial charge in [-0.1, -0.05) is 33.8 Å². The molecule has 0 fully saturated rings. The summed E-state index contributed by atoms with van der Waals surface area (Å²) in [6.45, 7) is 9.47. The number of nitrogen functional groups attached to an aromatic ring is 1. The highest BCUT2D eigenvalue weighted by Crippen LogP contribution is 2.21. The van der Waals surface area contributed by atoms with Gasteiger partial charge in [-0.2, -0.15) is 0 Å². The molecule has 1 aliphatic heterocycles. The number of hydrogen-bond donors (Lipinski definition) is 1. The van der Waals surface area contributed by atoms with Crippen LogP contribution in [0.3, 0.4) is 0 Å². The van der Waals surface area contributed by atoms with Crippen LogP contribution in [-0.4, -0.2) is 0 Å². The summed E-state index contributed by atoms with van der Waals surface area (Å²) >= 11 is 0. The SMILES string of the molecule is CC.CC.Nc1ccc2c(c1)COC2. The normalized spacial score (nSPS) is 11.7. The molecule has 1 aromatic rings. The highest BCUT2D eigenvalue weighted by Gasteiger charge is 2.09. The number of ether oxygens (including phenoxy) is 1. The highest BCUT2D eigenvalue weighted by atomic mass is 16.5. The Balaban J connectivity index is 0.000000379. The Morgan fingerprint density at radius 3 is 2.21 bits per heavy atom. The molecule has 14 heavy (non-hydrogen) atoms. The van der Waals surface area contributed by atoms with E-state index in [0.29, 0.717) is 0 Å². The lowest BCUT2D eigenvalue weighted by atomic mass is 10.1. The third-order valence-corrected chi connectivity index (χ3v) is 1.75. The first-order chi connectivity index (χ1) is 6.86. The first kappa shape index (κ1) is 13.0. The lowest BCUT2D eigenvalue weighted by Crippen LogP contribution is -1.87. The zero-order valence-electron chi connectivity index (χ0n) is 9.63. The van der Waals surface area contributed by atoms with E-state index in [0.717, 1.165) is 18.9 Å². The van der Waals surface area contributed by atoms with Crippen LogP contribution in [-0.2, 0) is 18.0 Å². The summed E-state index contributed by atoms with van der Waals surface area (Å²) in [5.41, 5.74) is 8.91. The first-order valence-electron chi connectivity index (χ1n) is 5.31. The third-order valence-electron chi connectivity index (χ3n) is 1.75. The standard InChI is InChI=1S/C8H9NO.2C2H6/c9-8-2-1-6-4-10-5-7(6)3-8;2*1-2/h1-3H,4-5,9H2;2*1-2H3. The van der Waals surface area contributed by atoms with E-state index in [1.807, 2.05) is 45.9 Å². The maximum Gasteiger partial charge on any atom is 0.0725 e. The van der Waals surface area contributed by atoms with Crippen LogP contribution in [0, 0.1) is 0 Å². The van der Waals surface area contributed by atoms with Crippen LogP contribution in [0.4, 0.5) is 5.69 Å². The number of nitrogens with two attached hydrogens (primary N) is 1. The predicted molar refractivity (Wildman–Crippen MR) is 62.0 cm³/mol. The van der Waals surface area contributed by atoms with Crippen LogP contribution in [0.1, 0.15) is 38.8 Å². The summed E-state index contributed by atoms with van der Waals surface area (Å²) in [5, 5.41) is 0. The Bertz CT molecular complexity index is 258. The van der Waals surface area contributed by atoms with Crippen molar-refractivity contribution < 1.29 is 4.74 Å². The predicted octanol–water partition coefficient (Wildman–Crippen LogP) is 3.35. The van der Waals surface area contributed by atoms with Crippen molar-refractivity contribution in [3.05, 3.63) is 29.3 Å². The molecule has 1 heterocycles. The van der Waals surface area contributed by atoms with Gasteiger partial charge >= 0.3 is 0 Å². The van der Waals surface area contributed by atoms with Crippen LogP contribution in [0.25, 0.3) is 0 Å². The molecule has 1 aliphatic rings.